The fourth-order valence-corrected chi connectivity index (χ4v) is 1.08. The van der Waals surface area contributed by atoms with Gasteiger partial charge in [0.25, 0.3) is 0 Å². The van der Waals surface area contributed by atoms with E-state index < -0.39 is 11.9 Å². The molecule has 17 heavy (non-hydrogen) atoms. The Hall–Kier alpha value is -2.48. The highest BCUT2D eigenvalue weighted by Crippen LogP contribution is 2.12. The zero-order valence-corrected chi connectivity index (χ0v) is 9.19. The van der Waals surface area contributed by atoms with E-state index in [0.29, 0.717) is 5.69 Å². The average molecular weight is 233 g/mol. The number of aromatic carboxylic acids is 1. The highest BCUT2D eigenvalue weighted by Gasteiger charge is 2.05. The molecule has 0 saturated carbocycles. The molecule has 0 aliphatic heterocycles. The third kappa shape index (κ3) is 3.54. The van der Waals surface area contributed by atoms with Crippen LogP contribution in [0.1, 0.15) is 22.8 Å². The number of nitrogens with two attached hydrogens (primary N) is 1. The number of benzene rings is 1. The highest BCUT2D eigenvalue weighted by molar-refractivity contribution is 5.91. The molecule has 5 nitrogen and oxygen atoms in total. The van der Waals surface area contributed by atoms with Crippen LogP contribution in [0, 0.1) is 11.8 Å². The molecule has 0 amide bonds. The third-order valence-electron chi connectivity index (χ3n) is 1.87. The molecule has 1 rings (SSSR count). The van der Waals surface area contributed by atoms with Gasteiger partial charge in [-0.3, -0.25) is 0 Å². The van der Waals surface area contributed by atoms with E-state index in [1.165, 1.54) is 18.2 Å². The largest absolute Gasteiger partial charge is 0.478 e. The Balaban J connectivity index is 3.01. The molecule has 0 spiro atoms. The van der Waals surface area contributed by atoms with E-state index in [9.17, 15) is 9.59 Å². The van der Waals surface area contributed by atoms with Crippen LogP contribution in [0.4, 0.5) is 5.69 Å². The first-order valence-corrected chi connectivity index (χ1v) is 4.86. The molecule has 1 aromatic carbocycles. The lowest BCUT2D eigenvalue weighted by Crippen LogP contribution is -2.01. The van der Waals surface area contributed by atoms with Crippen LogP contribution in [0.15, 0.2) is 18.2 Å². The SMILES string of the molecule is CCOC(=O)C#Cc1cc(C(=O)O)ccc1N. The summed E-state index contributed by atoms with van der Waals surface area (Å²) in [7, 11) is 0. The van der Waals surface area contributed by atoms with Crippen molar-refractivity contribution in [2.75, 3.05) is 12.3 Å². The van der Waals surface area contributed by atoms with Crippen molar-refractivity contribution in [2.45, 2.75) is 6.92 Å². The van der Waals surface area contributed by atoms with Gasteiger partial charge in [-0.2, -0.15) is 0 Å². The number of anilines is 1. The summed E-state index contributed by atoms with van der Waals surface area (Å²) in [6, 6.07) is 4.11. The molecule has 0 aliphatic rings. The molecule has 3 N–H and O–H groups in total. The zero-order valence-electron chi connectivity index (χ0n) is 9.19. The lowest BCUT2D eigenvalue weighted by Gasteiger charge is -1.99. The van der Waals surface area contributed by atoms with Gasteiger partial charge in [0.2, 0.25) is 0 Å². The average Bonchev–Trinajstić information content (AvgIpc) is 2.28. The Morgan fingerprint density at radius 1 is 1.47 bits per heavy atom. The molecule has 0 atom stereocenters. The van der Waals surface area contributed by atoms with Crippen molar-refractivity contribution in [3.8, 4) is 11.8 Å². The minimum Gasteiger partial charge on any atom is -0.478 e. The standard InChI is InChI=1S/C12H11NO4/c1-2-17-11(14)6-4-8-7-9(12(15)16)3-5-10(8)13/h3,5,7H,2,13H2,1H3,(H,15,16). The summed E-state index contributed by atoms with van der Waals surface area (Å²) >= 11 is 0. The first kappa shape index (κ1) is 12.6. The predicted molar refractivity (Wildman–Crippen MR) is 61.3 cm³/mol. The quantitative estimate of drug-likeness (QED) is 0.449. The second kappa shape index (κ2) is 5.56. The fraction of sp³-hybridized carbons (Fsp3) is 0.167. The first-order valence-electron chi connectivity index (χ1n) is 4.86. The number of nitrogen functional groups attached to an aromatic ring is 1. The van der Waals surface area contributed by atoms with Crippen molar-refractivity contribution in [1.29, 1.82) is 0 Å². The van der Waals surface area contributed by atoms with Crippen molar-refractivity contribution < 1.29 is 19.4 Å². The second-order valence-corrected chi connectivity index (χ2v) is 3.08. The summed E-state index contributed by atoms with van der Waals surface area (Å²) in [5, 5.41) is 8.78. The lowest BCUT2D eigenvalue weighted by molar-refractivity contribution is -0.136. The van der Waals surface area contributed by atoms with E-state index in [2.05, 4.69) is 16.6 Å². The van der Waals surface area contributed by atoms with Gasteiger partial charge in [0.05, 0.1) is 12.2 Å². The number of hydrogen-bond acceptors (Lipinski definition) is 4. The van der Waals surface area contributed by atoms with Crippen LogP contribution in [0.5, 0.6) is 0 Å². The van der Waals surface area contributed by atoms with Crippen LogP contribution in [-0.4, -0.2) is 23.7 Å². The van der Waals surface area contributed by atoms with Crippen LogP contribution >= 0.6 is 0 Å². The van der Waals surface area contributed by atoms with E-state index in [1.54, 1.807) is 6.92 Å². The van der Waals surface area contributed by atoms with E-state index in [0.717, 1.165) is 0 Å². The van der Waals surface area contributed by atoms with Gasteiger partial charge in [-0.25, -0.2) is 9.59 Å². The topological polar surface area (TPSA) is 89.6 Å². The van der Waals surface area contributed by atoms with Crippen LogP contribution in [0.3, 0.4) is 0 Å². The van der Waals surface area contributed by atoms with Gasteiger partial charge in [0.1, 0.15) is 0 Å². The van der Waals surface area contributed by atoms with Gasteiger partial charge >= 0.3 is 11.9 Å². The zero-order chi connectivity index (χ0) is 12.8. The number of esters is 1. The molecule has 0 fully saturated rings. The van der Waals surface area contributed by atoms with E-state index in [1.807, 2.05) is 0 Å². The fourth-order valence-electron chi connectivity index (χ4n) is 1.08. The Morgan fingerprint density at radius 2 is 2.18 bits per heavy atom. The molecule has 0 aromatic heterocycles. The number of carboxylic acid groups (broad SMARTS) is 1. The Kier molecular flexibility index (Phi) is 4.12. The maximum absolute atomic E-state index is 11.0. The van der Waals surface area contributed by atoms with E-state index in [4.69, 9.17) is 10.8 Å². The van der Waals surface area contributed by atoms with Gasteiger partial charge in [-0.1, -0.05) is 5.92 Å². The summed E-state index contributed by atoms with van der Waals surface area (Å²) < 4.78 is 4.61. The van der Waals surface area contributed by atoms with Crippen LogP contribution in [0.25, 0.3) is 0 Å². The van der Waals surface area contributed by atoms with Crippen molar-refractivity contribution >= 4 is 17.6 Å². The maximum atomic E-state index is 11.0. The Labute approximate surface area is 98.2 Å². The van der Waals surface area contributed by atoms with E-state index in [-0.39, 0.29) is 17.7 Å². The maximum Gasteiger partial charge on any atom is 0.384 e. The Morgan fingerprint density at radius 3 is 2.76 bits per heavy atom. The Bertz CT molecular complexity index is 511. The molecule has 0 heterocycles. The van der Waals surface area contributed by atoms with Gasteiger partial charge in [-0.15, -0.1) is 0 Å². The summed E-state index contributed by atoms with van der Waals surface area (Å²) in [4.78, 5) is 21.7. The summed E-state index contributed by atoms with van der Waals surface area (Å²) in [6.45, 7) is 1.90. The molecule has 0 unspecified atom stereocenters. The van der Waals surface area contributed by atoms with Crippen LogP contribution < -0.4 is 5.73 Å². The number of carbonyl (C=O) groups excluding carboxylic acids is 1. The molecule has 0 radical (unpaired) electrons. The van der Waals surface area contributed by atoms with Gasteiger partial charge in [-0.05, 0) is 25.1 Å². The first-order chi connectivity index (χ1) is 8.04. The monoisotopic (exact) mass is 233 g/mol. The second-order valence-electron chi connectivity index (χ2n) is 3.08. The van der Waals surface area contributed by atoms with Crippen molar-refractivity contribution in [3.05, 3.63) is 29.3 Å². The van der Waals surface area contributed by atoms with Gasteiger partial charge in [0, 0.05) is 17.2 Å². The normalized spacial score (nSPS) is 9.00. The van der Waals surface area contributed by atoms with Crippen LogP contribution in [0.2, 0.25) is 0 Å². The minimum atomic E-state index is -1.08. The summed E-state index contributed by atoms with van der Waals surface area (Å²) in [6.07, 6.45) is 0. The summed E-state index contributed by atoms with van der Waals surface area (Å²) in [5.41, 5.74) is 6.27. The van der Waals surface area contributed by atoms with Crippen molar-refractivity contribution in [2.24, 2.45) is 0 Å². The number of carboxylic acids is 1. The van der Waals surface area contributed by atoms with Crippen molar-refractivity contribution in [1.82, 2.24) is 0 Å². The predicted octanol–water partition coefficient (Wildman–Crippen LogP) is 0.882. The molecule has 5 heteroatoms. The molecular formula is C12H11NO4. The van der Waals surface area contributed by atoms with Crippen LogP contribution in [-0.2, 0) is 9.53 Å². The van der Waals surface area contributed by atoms with E-state index >= 15 is 0 Å². The lowest BCUT2D eigenvalue weighted by atomic mass is 10.1. The van der Waals surface area contributed by atoms with Gasteiger partial charge in [0.15, 0.2) is 0 Å². The molecule has 1 aromatic rings. The summed E-state index contributed by atoms with van der Waals surface area (Å²) in [5.74, 6) is 2.95. The molecular weight excluding hydrogens is 222 g/mol. The molecule has 0 bridgehead atoms. The smallest absolute Gasteiger partial charge is 0.384 e. The molecule has 88 valence electrons. The highest BCUT2D eigenvalue weighted by atomic mass is 16.5. The molecule has 0 aliphatic carbocycles. The number of rotatable bonds is 2. The van der Waals surface area contributed by atoms with Gasteiger partial charge < -0.3 is 15.6 Å². The minimum absolute atomic E-state index is 0.0624. The third-order valence-corrected chi connectivity index (χ3v) is 1.87. The number of ether oxygens (including phenoxy) is 1. The number of hydrogen-bond donors (Lipinski definition) is 2. The molecule has 0 saturated heterocycles. The van der Waals surface area contributed by atoms with Crippen molar-refractivity contribution in [3.63, 3.8) is 0 Å². The number of carbonyl (C=O) groups is 2.